The van der Waals surface area contributed by atoms with Crippen molar-refractivity contribution < 1.29 is 0 Å². The Hall–Kier alpha value is -1.78. The summed E-state index contributed by atoms with van der Waals surface area (Å²) in [7, 11) is 0. The molecule has 2 heterocycles. The van der Waals surface area contributed by atoms with Crippen LogP contribution in [0.4, 0.5) is 5.82 Å². The molecule has 0 aliphatic carbocycles. The summed E-state index contributed by atoms with van der Waals surface area (Å²) in [4.78, 5) is 0. The number of nitrogens with zero attached hydrogens (tertiary/aromatic N) is 4. The molecule has 5 nitrogen and oxygen atoms in total. The largest absolute Gasteiger partial charge is 0.366 e. The quantitative estimate of drug-likeness (QED) is 0.899. The monoisotopic (exact) mass is 261 g/mol. The van der Waals surface area contributed by atoms with Gasteiger partial charge in [-0.05, 0) is 34.6 Å². The Morgan fingerprint density at radius 3 is 2.53 bits per heavy atom. The molecule has 0 atom stereocenters. The molecule has 0 saturated heterocycles. The molecule has 1 N–H and O–H groups in total. The molecule has 0 bridgehead atoms. The molecule has 2 rings (SSSR count). The highest BCUT2D eigenvalue weighted by atomic mass is 15.3. The van der Waals surface area contributed by atoms with Crippen molar-refractivity contribution in [2.45, 2.75) is 53.2 Å². The van der Waals surface area contributed by atoms with Crippen molar-refractivity contribution in [2.24, 2.45) is 0 Å². The summed E-state index contributed by atoms with van der Waals surface area (Å²) in [6, 6.07) is 2.76. The first-order valence-electron chi connectivity index (χ1n) is 6.81. The van der Waals surface area contributed by atoms with E-state index < -0.39 is 0 Å². The number of hydrogen-bond acceptors (Lipinski definition) is 3. The second-order valence-electron chi connectivity index (χ2n) is 5.42. The lowest BCUT2D eigenvalue weighted by Gasteiger charge is -2.12. The Balaban J connectivity index is 2.08. The van der Waals surface area contributed by atoms with E-state index in [2.05, 4.69) is 56.3 Å². The molecular weight excluding hydrogens is 238 g/mol. The van der Waals surface area contributed by atoms with Crippen LogP contribution >= 0.6 is 0 Å². The maximum atomic E-state index is 4.52. The van der Waals surface area contributed by atoms with E-state index in [0.29, 0.717) is 12.1 Å². The second-order valence-corrected chi connectivity index (χ2v) is 5.42. The Labute approximate surface area is 114 Å². The van der Waals surface area contributed by atoms with Gasteiger partial charge in [-0.3, -0.25) is 4.68 Å². The van der Waals surface area contributed by atoms with E-state index in [4.69, 9.17) is 0 Å². The van der Waals surface area contributed by atoms with Gasteiger partial charge >= 0.3 is 0 Å². The first-order valence-corrected chi connectivity index (χ1v) is 6.81. The topological polar surface area (TPSA) is 47.7 Å². The predicted molar refractivity (Wildman–Crippen MR) is 77.3 cm³/mol. The van der Waals surface area contributed by atoms with Crippen molar-refractivity contribution in [1.82, 2.24) is 19.6 Å². The zero-order valence-electron chi connectivity index (χ0n) is 12.4. The van der Waals surface area contributed by atoms with Gasteiger partial charge in [0.25, 0.3) is 0 Å². The lowest BCUT2D eigenvalue weighted by atomic mass is 10.2. The van der Waals surface area contributed by atoms with E-state index in [1.807, 2.05) is 21.6 Å². The fraction of sp³-hybridized carbons (Fsp3) is 0.571. The normalized spacial score (nSPS) is 11.5. The molecule has 0 aliphatic heterocycles. The van der Waals surface area contributed by atoms with Gasteiger partial charge in [-0.15, -0.1) is 0 Å². The summed E-state index contributed by atoms with van der Waals surface area (Å²) in [5.74, 6) is 1.05. The minimum atomic E-state index is 0.358. The van der Waals surface area contributed by atoms with Crippen molar-refractivity contribution in [3.8, 4) is 0 Å². The Bertz CT molecular complexity index is 536. The van der Waals surface area contributed by atoms with Crippen LogP contribution in [0, 0.1) is 6.92 Å². The molecule has 0 unspecified atom stereocenters. The number of aromatic nitrogens is 4. The third-order valence-corrected chi connectivity index (χ3v) is 3.17. The maximum absolute atomic E-state index is 4.52. The molecule has 0 aromatic carbocycles. The van der Waals surface area contributed by atoms with Gasteiger partial charge in [0, 0.05) is 36.5 Å². The van der Waals surface area contributed by atoms with Crippen molar-refractivity contribution in [1.29, 1.82) is 0 Å². The highest BCUT2D eigenvalue weighted by Gasteiger charge is 2.09. The Kier molecular flexibility index (Phi) is 3.93. The average Bonchev–Trinajstić information content (AvgIpc) is 2.92. The number of hydrogen-bond donors (Lipinski definition) is 1. The van der Waals surface area contributed by atoms with Crippen LogP contribution in [0.5, 0.6) is 0 Å². The molecule has 0 aliphatic rings. The number of anilines is 1. The van der Waals surface area contributed by atoms with Crippen molar-refractivity contribution in [2.75, 3.05) is 5.32 Å². The van der Waals surface area contributed by atoms with Gasteiger partial charge in [-0.2, -0.15) is 10.2 Å². The van der Waals surface area contributed by atoms with Crippen molar-refractivity contribution >= 4 is 5.82 Å². The van der Waals surface area contributed by atoms with Crippen molar-refractivity contribution in [3.63, 3.8) is 0 Å². The molecule has 0 radical (unpaired) electrons. The van der Waals surface area contributed by atoms with E-state index in [-0.39, 0.29) is 0 Å². The van der Waals surface area contributed by atoms with Gasteiger partial charge < -0.3 is 5.32 Å². The van der Waals surface area contributed by atoms with Crippen LogP contribution in [0.2, 0.25) is 0 Å². The van der Waals surface area contributed by atoms with Crippen LogP contribution in [0.15, 0.2) is 18.5 Å². The summed E-state index contributed by atoms with van der Waals surface area (Å²) in [5.41, 5.74) is 2.31. The minimum absolute atomic E-state index is 0.358. The fourth-order valence-electron chi connectivity index (χ4n) is 2.01. The summed E-state index contributed by atoms with van der Waals surface area (Å²) < 4.78 is 3.99. The van der Waals surface area contributed by atoms with Gasteiger partial charge in [0.2, 0.25) is 0 Å². The highest BCUT2D eigenvalue weighted by Crippen LogP contribution is 2.16. The minimum Gasteiger partial charge on any atom is -0.366 e. The molecule has 0 fully saturated rings. The molecule has 2 aromatic rings. The van der Waals surface area contributed by atoms with Gasteiger partial charge in [-0.25, -0.2) is 4.68 Å². The van der Waals surface area contributed by atoms with Crippen LogP contribution in [0.1, 0.15) is 51.0 Å². The zero-order chi connectivity index (χ0) is 14.0. The molecule has 2 aromatic heterocycles. The molecule has 19 heavy (non-hydrogen) atoms. The van der Waals surface area contributed by atoms with Gasteiger partial charge in [0.15, 0.2) is 0 Å². The predicted octanol–water partition coefficient (Wildman–Crippen LogP) is 3.16. The van der Waals surface area contributed by atoms with E-state index in [9.17, 15) is 0 Å². The third-order valence-electron chi connectivity index (χ3n) is 3.17. The van der Waals surface area contributed by atoms with E-state index >= 15 is 0 Å². The zero-order valence-corrected chi connectivity index (χ0v) is 12.4. The van der Waals surface area contributed by atoms with E-state index in [1.54, 1.807) is 0 Å². The molecule has 0 saturated carbocycles. The lowest BCUT2D eigenvalue weighted by molar-refractivity contribution is 0.529. The number of aryl methyl sites for hydroxylation is 1. The highest BCUT2D eigenvalue weighted by molar-refractivity contribution is 5.36. The van der Waals surface area contributed by atoms with Crippen LogP contribution in [0.25, 0.3) is 0 Å². The molecule has 0 amide bonds. The first kappa shape index (κ1) is 13.6. The van der Waals surface area contributed by atoms with Crippen LogP contribution < -0.4 is 5.32 Å². The second kappa shape index (κ2) is 5.47. The molecular formula is C14H23N5. The smallest absolute Gasteiger partial charge is 0.124 e. The molecule has 0 spiro atoms. The number of rotatable bonds is 5. The van der Waals surface area contributed by atoms with Crippen LogP contribution in [-0.4, -0.2) is 19.6 Å². The SMILES string of the molecule is Cc1nn(C(C)C)cc1CNc1ccnn1C(C)C. The summed E-state index contributed by atoms with van der Waals surface area (Å²) in [5, 5.41) is 12.3. The lowest BCUT2D eigenvalue weighted by Crippen LogP contribution is -2.10. The van der Waals surface area contributed by atoms with E-state index in [0.717, 1.165) is 18.1 Å². The standard InChI is InChI=1S/C14H23N5/c1-10(2)18-9-13(12(5)17-18)8-15-14-6-7-16-19(14)11(3)4/h6-7,9-11,15H,8H2,1-5H3. The third kappa shape index (κ3) is 2.97. The Morgan fingerprint density at radius 1 is 1.21 bits per heavy atom. The molecule has 104 valence electrons. The summed E-state index contributed by atoms with van der Waals surface area (Å²) >= 11 is 0. The molecule has 5 heteroatoms. The van der Waals surface area contributed by atoms with Crippen molar-refractivity contribution in [3.05, 3.63) is 29.7 Å². The number of nitrogens with one attached hydrogen (secondary N) is 1. The first-order chi connectivity index (χ1) is 8.99. The fourth-order valence-corrected chi connectivity index (χ4v) is 2.01. The van der Waals surface area contributed by atoms with Crippen LogP contribution in [0.3, 0.4) is 0 Å². The summed E-state index contributed by atoms with van der Waals surface area (Å²) in [6.45, 7) is 11.3. The summed E-state index contributed by atoms with van der Waals surface area (Å²) in [6.07, 6.45) is 3.94. The van der Waals surface area contributed by atoms with Gasteiger partial charge in [-0.1, -0.05) is 0 Å². The Morgan fingerprint density at radius 2 is 1.95 bits per heavy atom. The van der Waals surface area contributed by atoms with Gasteiger partial charge in [0.1, 0.15) is 5.82 Å². The maximum Gasteiger partial charge on any atom is 0.124 e. The van der Waals surface area contributed by atoms with Crippen LogP contribution in [-0.2, 0) is 6.54 Å². The average molecular weight is 261 g/mol. The van der Waals surface area contributed by atoms with E-state index in [1.165, 1.54) is 5.56 Å². The van der Waals surface area contributed by atoms with Gasteiger partial charge in [0.05, 0.1) is 11.9 Å².